The van der Waals surface area contributed by atoms with Crippen LogP contribution in [0.4, 0.5) is 0 Å². The van der Waals surface area contributed by atoms with Crippen LogP contribution in [0.25, 0.3) is 0 Å². The number of hydrogen-bond donors (Lipinski definition) is 0. The molecule has 1 saturated heterocycles. The number of allylic oxidation sites excluding steroid dienone is 1. The van der Waals surface area contributed by atoms with Gasteiger partial charge in [0.15, 0.2) is 17.5 Å². The van der Waals surface area contributed by atoms with E-state index in [1.807, 2.05) is 12.2 Å². The van der Waals surface area contributed by atoms with Crippen molar-refractivity contribution in [2.24, 2.45) is 5.92 Å². The molecule has 0 amide bonds. The minimum atomic E-state index is -1.18. The lowest BCUT2D eigenvalue weighted by atomic mass is 9.82. The van der Waals surface area contributed by atoms with Gasteiger partial charge in [-0.25, -0.2) is 0 Å². The predicted molar refractivity (Wildman–Crippen MR) is 64.8 cm³/mol. The maximum absolute atomic E-state index is 12.0. The van der Waals surface area contributed by atoms with E-state index in [0.29, 0.717) is 6.42 Å². The topological polar surface area (TPSA) is 60.4 Å². The van der Waals surface area contributed by atoms with E-state index in [2.05, 4.69) is 0 Å². The van der Waals surface area contributed by atoms with Crippen LogP contribution in [-0.4, -0.2) is 23.1 Å². The largest absolute Gasteiger partial charge is 0.453 e. The minimum absolute atomic E-state index is 0.144. The van der Waals surface area contributed by atoms with Gasteiger partial charge in [0.2, 0.25) is 0 Å². The maximum atomic E-state index is 12.0. The summed E-state index contributed by atoms with van der Waals surface area (Å²) in [5.41, 5.74) is -0.783. The third kappa shape index (κ3) is 2.37. The van der Waals surface area contributed by atoms with Gasteiger partial charge in [-0.3, -0.25) is 14.4 Å². The fourth-order valence-electron chi connectivity index (χ4n) is 2.64. The molecule has 1 fully saturated rings. The van der Waals surface area contributed by atoms with Crippen molar-refractivity contribution in [2.45, 2.75) is 51.0 Å². The Morgan fingerprint density at radius 2 is 2.22 bits per heavy atom. The number of carbonyl (C=O) groups excluding carboxylic acids is 3. The van der Waals surface area contributed by atoms with Crippen molar-refractivity contribution in [3.8, 4) is 0 Å². The molecule has 18 heavy (non-hydrogen) atoms. The lowest BCUT2D eigenvalue weighted by molar-refractivity contribution is -0.174. The molecule has 0 radical (unpaired) electrons. The number of ether oxygens (including phenoxy) is 1. The van der Waals surface area contributed by atoms with Crippen molar-refractivity contribution >= 4 is 17.5 Å². The van der Waals surface area contributed by atoms with Crippen molar-refractivity contribution in [1.82, 2.24) is 0 Å². The van der Waals surface area contributed by atoms with Gasteiger partial charge in [0.05, 0.1) is 6.42 Å². The van der Waals surface area contributed by atoms with E-state index < -0.39 is 17.5 Å². The zero-order chi connectivity index (χ0) is 13.2. The average molecular weight is 250 g/mol. The van der Waals surface area contributed by atoms with Crippen molar-refractivity contribution in [3.63, 3.8) is 0 Å². The highest BCUT2D eigenvalue weighted by atomic mass is 16.6. The Kier molecular flexibility index (Phi) is 3.64. The monoisotopic (exact) mass is 250 g/mol. The van der Waals surface area contributed by atoms with Crippen LogP contribution in [-0.2, 0) is 19.1 Å². The second-order valence-corrected chi connectivity index (χ2v) is 5.03. The highest BCUT2D eigenvalue weighted by Gasteiger charge is 2.47. The number of esters is 1. The Morgan fingerprint density at radius 1 is 1.44 bits per heavy atom. The Bertz CT molecular complexity index is 390. The zero-order valence-corrected chi connectivity index (χ0v) is 10.6. The molecule has 4 nitrogen and oxygen atoms in total. The number of carbonyl (C=O) groups is 3. The van der Waals surface area contributed by atoms with E-state index >= 15 is 0 Å². The van der Waals surface area contributed by atoms with Gasteiger partial charge in [0.1, 0.15) is 5.60 Å². The number of hydrogen-bond acceptors (Lipinski definition) is 4. The fourth-order valence-corrected chi connectivity index (χ4v) is 2.64. The Hall–Kier alpha value is -1.45. The first-order valence-corrected chi connectivity index (χ1v) is 6.54. The van der Waals surface area contributed by atoms with Gasteiger partial charge in [-0.1, -0.05) is 13.0 Å². The summed E-state index contributed by atoms with van der Waals surface area (Å²) in [6.07, 6.45) is 7.73. The first-order chi connectivity index (χ1) is 8.58. The van der Waals surface area contributed by atoms with Crippen molar-refractivity contribution in [1.29, 1.82) is 0 Å². The van der Waals surface area contributed by atoms with Gasteiger partial charge in [0, 0.05) is 6.42 Å². The molecular weight excluding hydrogens is 232 g/mol. The summed E-state index contributed by atoms with van der Waals surface area (Å²) in [6.45, 7) is 1.65. The molecule has 1 aliphatic carbocycles. The van der Waals surface area contributed by atoms with Gasteiger partial charge in [-0.2, -0.15) is 0 Å². The Balaban J connectivity index is 2.20. The van der Waals surface area contributed by atoms with Crippen LogP contribution in [0, 0.1) is 5.92 Å². The van der Waals surface area contributed by atoms with E-state index in [4.69, 9.17) is 4.74 Å². The molecule has 0 aromatic carbocycles. The molecule has 4 heteroatoms. The second-order valence-electron chi connectivity index (χ2n) is 5.03. The SMILES string of the molecule is CCC(=O)C1C(=O)CC2(C=CCCCC2)OC1=O. The van der Waals surface area contributed by atoms with Gasteiger partial charge in [-0.05, 0) is 31.8 Å². The van der Waals surface area contributed by atoms with Gasteiger partial charge < -0.3 is 4.74 Å². The second kappa shape index (κ2) is 5.04. The Morgan fingerprint density at radius 3 is 2.89 bits per heavy atom. The smallest absolute Gasteiger partial charge is 0.325 e. The van der Waals surface area contributed by atoms with Crippen molar-refractivity contribution < 1.29 is 19.1 Å². The van der Waals surface area contributed by atoms with Crippen LogP contribution >= 0.6 is 0 Å². The maximum Gasteiger partial charge on any atom is 0.325 e. The molecule has 0 bridgehead atoms. The van der Waals surface area contributed by atoms with Crippen LogP contribution in [0.15, 0.2) is 12.2 Å². The summed E-state index contributed by atoms with van der Waals surface area (Å²) in [5.74, 6) is -2.47. The summed E-state index contributed by atoms with van der Waals surface area (Å²) >= 11 is 0. The summed E-state index contributed by atoms with van der Waals surface area (Å²) in [6, 6.07) is 0. The van der Waals surface area contributed by atoms with Crippen LogP contribution in [0.2, 0.25) is 0 Å². The van der Waals surface area contributed by atoms with Crippen molar-refractivity contribution in [3.05, 3.63) is 12.2 Å². The van der Waals surface area contributed by atoms with Crippen LogP contribution in [0.3, 0.4) is 0 Å². The molecule has 98 valence electrons. The van der Waals surface area contributed by atoms with Crippen molar-refractivity contribution in [2.75, 3.05) is 0 Å². The highest BCUT2D eigenvalue weighted by Crippen LogP contribution is 2.35. The molecular formula is C14H18O4. The first kappa shape index (κ1) is 13.0. The summed E-state index contributed by atoms with van der Waals surface area (Å²) in [7, 11) is 0. The summed E-state index contributed by atoms with van der Waals surface area (Å²) in [5, 5.41) is 0. The molecule has 0 aromatic rings. The van der Waals surface area contributed by atoms with E-state index in [1.165, 1.54) is 0 Å². The first-order valence-electron chi connectivity index (χ1n) is 6.54. The third-order valence-electron chi connectivity index (χ3n) is 3.65. The van der Waals surface area contributed by atoms with Crippen LogP contribution < -0.4 is 0 Å². The van der Waals surface area contributed by atoms with E-state index in [1.54, 1.807) is 6.92 Å². The van der Waals surface area contributed by atoms with Crippen LogP contribution in [0.1, 0.15) is 45.4 Å². The van der Waals surface area contributed by atoms with Crippen LogP contribution in [0.5, 0.6) is 0 Å². The van der Waals surface area contributed by atoms with Gasteiger partial charge in [0.25, 0.3) is 0 Å². The molecule has 1 aliphatic heterocycles. The standard InChI is InChI=1S/C14H18O4/c1-2-10(15)12-11(16)9-14(18-13(12)17)7-5-3-4-6-8-14/h5,7,12H,2-4,6,8-9H2,1H3. The third-order valence-corrected chi connectivity index (χ3v) is 3.65. The minimum Gasteiger partial charge on any atom is -0.453 e. The quantitative estimate of drug-likeness (QED) is 0.427. The highest BCUT2D eigenvalue weighted by molar-refractivity contribution is 6.18. The summed E-state index contributed by atoms with van der Waals surface area (Å²) in [4.78, 5) is 35.5. The fraction of sp³-hybridized carbons (Fsp3) is 0.643. The lowest BCUT2D eigenvalue weighted by Crippen LogP contribution is -2.48. The Labute approximate surface area is 106 Å². The number of ketones is 2. The van der Waals surface area contributed by atoms with E-state index in [0.717, 1.165) is 19.3 Å². The average Bonchev–Trinajstić information content (AvgIpc) is 2.53. The molecule has 1 heterocycles. The molecule has 1 spiro atoms. The van der Waals surface area contributed by atoms with E-state index in [9.17, 15) is 14.4 Å². The number of Topliss-reactive ketones (excluding diaryl/α,β-unsaturated/α-hetero) is 2. The lowest BCUT2D eigenvalue weighted by Gasteiger charge is -2.35. The molecule has 2 aliphatic rings. The molecule has 2 unspecified atom stereocenters. The van der Waals surface area contributed by atoms with E-state index in [-0.39, 0.29) is 24.4 Å². The summed E-state index contributed by atoms with van der Waals surface area (Å²) < 4.78 is 5.43. The number of rotatable bonds is 2. The normalized spacial score (nSPS) is 32.2. The molecule has 2 rings (SSSR count). The molecule has 0 saturated carbocycles. The molecule has 2 atom stereocenters. The van der Waals surface area contributed by atoms with Gasteiger partial charge in [-0.15, -0.1) is 0 Å². The zero-order valence-electron chi connectivity index (χ0n) is 10.6. The predicted octanol–water partition coefficient (Wildman–Crippen LogP) is 1.97. The molecule has 0 N–H and O–H groups in total. The van der Waals surface area contributed by atoms with Gasteiger partial charge >= 0.3 is 5.97 Å². The molecule has 0 aromatic heterocycles.